The number of rotatable bonds is 2. The van der Waals surface area contributed by atoms with Crippen molar-refractivity contribution >= 4 is 11.6 Å². The molecule has 0 unspecified atom stereocenters. The molecule has 1 radical (unpaired) electrons. The van der Waals surface area contributed by atoms with Gasteiger partial charge in [-0.2, -0.15) is 0 Å². The van der Waals surface area contributed by atoms with Crippen LogP contribution in [0.1, 0.15) is 12.5 Å². The predicted molar refractivity (Wildman–Crippen MR) is 49.6 cm³/mol. The van der Waals surface area contributed by atoms with Crippen molar-refractivity contribution in [1.82, 2.24) is 0 Å². The normalized spacial score (nSPS) is 10.3. The van der Waals surface area contributed by atoms with Crippen molar-refractivity contribution in [3.8, 4) is 0 Å². The van der Waals surface area contributed by atoms with Gasteiger partial charge < -0.3 is 0 Å². The molecule has 0 amide bonds. The molecule has 0 saturated carbocycles. The zero-order valence-corrected chi connectivity index (χ0v) is 7.53. The Kier molecular flexibility index (Phi) is 2.88. The molecule has 0 aliphatic carbocycles. The lowest BCUT2D eigenvalue weighted by Crippen LogP contribution is -1.90. The van der Waals surface area contributed by atoms with Gasteiger partial charge >= 0.3 is 0 Å². The maximum atomic E-state index is 12.9. The maximum Gasteiger partial charge on any atom is 0.142 e. The van der Waals surface area contributed by atoms with Gasteiger partial charge in [-0.1, -0.05) is 30.7 Å². The summed E-state index contributed by atoms with van der Waals surface area (Å²) >= 11 is 5.52. The number of allylic oxidation sites excluding steroid dienone is 1. The van der Waals surface area contributed by atoms with Crippen molar-refractivity contribution < 1.29 is 4.39 Å². The van der Waals surface area contributed by atoms with Crippen LogP contribution in [0.2, 0.25) is 5.02 Å². The van der Waals surface area contributed by atoms with Crippen LogP contribution in [0.3, 0.4) is 0 Å². The van der Waals surface area contributed by atoms with Crippen molar-refractivity contribution in [3.63, 3.8) is 0 Å². The van der Waals surface area contributed by atoms with E-state index in [0.29, 0.717) is 0 Å². The Balaban J connectivity index is 3.04. The fourth-order valence-corrected chi connectivity index (χ4v) is 0.977. The van der Waals surface area contributed by atoms with E-state index in [0.717, 1.165) is 11.5 Å². The van der Waals surface area contributed by atoms with E-state index in [2.05, 4.69) is 6.58 Å². The van der Waals surface area contributed by atoms with Crippen LogP contribution < -0.4 is 0 Å². The Hall–Kier alpha value is -0.820. The van der Waals surface area contributed by atoms with Crippen LogP contribution in [0.25, 0.3) is 0 Å². The average Bonchev–Trinajstić information content (AvgIpc) is 2.08. The van der Waals surface area contributed by atoms with Crippen molar-refractivity contribution in [3.05, 3.63) is 53.2 Å². The fraction of sp³-hybridized carbons (Fsp3) is 0.100. The second-order valence-electron chi connectivity index (χ2n) is 2.52. The Bertz CT molecular complexity index is 294. The highest BCUT2D eigenvalue weighted by Crippen LogP contribution is 2.21. The summed E-state index contributed by atoms with van der Waals surface area (Å²) in [4.78, 5) is 0. The minimum absolute atomic E-state index is 0.149. The van der Waals surface area contributed by atoms with Gasteiger partial charge in [-0.25, -0.2) is 4.39 Å². The van der Waals surface area contributed by atoms with E-state index in [-0.39, 0.29) is 5.02 Å². The fourth-order valence-electron chi connectivity index (χ4n) is 0.859. The van der Waals surface area contributed by atoms with Gasteiger partial charge in [0.05, 0.1) is 5.02 Å². The zero-order valence-electron chi connectivity index (χ0n) is 6.77. The van der Waals surface area contributed by atoms with Gasteiger partial charge in [-0.05, 0) is 17.7 Å². The summed E-state index contributed by atoms with van der Waals surface area (Å²) < 4.78 is 12.9. The Morgan fingerprint density at radius 3 is 2.75 bits per heavy atom. The first kappa shape index (κ1) is 9.27. The zero-order chi connectivity index (χ0) is 9.14. The van der Waals surface area contributed by atoms with Gasteiger partial charge in [0.25, 0.3) is 0 Å². The number of halogens is 2. The minimum Gasteiger partial charge on any atom is -0.205 e. The molecule has 0 aromatic heterocycles. The smallest absolute Gasteiger partial charge is 0.142 e. The van der Waals surface area contributed by atoms with Gasteiger partial charge in [0.15, 0.2) is 0 Å². The molecule has 1 rings (SSSR count). The van der Waals surface area contributed by atoms with E-state index in [9.17, 15) is 4.39 Å². The molecule has 0 bridgehead atoms. The molecule has 0 nitrogen and oxygen atoms in total. The molecule has 12 heavy (non-hydrogen) atoms. The molecule has 2 heteroatoms. The summed E-state index contributed by atoms with van der Waals surface area (Å²) in [6, 6.07) is 4.71. The molecule has 63 valence electrons. The summed E-state index contributed by atoms with van der Waals surface area (Å²) in [7, 11) is 0. The molecule has 0 spiro atoms. The minimum atomic E-state index is -0.393. The van der Waals surface area contributed by atoms with Gasteiger partial charge in [-0.3, -0.25) is 0 Å². The van der Waals surface area contributed by atoms with Gasteiger partial charge in [0, 0.05) is 5.92 Å². The topological polar surface area (TPSA) is 0 Å². The Labute approximate surface area is 76.7 Å². The van der Waals surface area contributed by atoms with Crippen molar-refractivity contribution in [2.45, 2.75) is 6.92 Å². The van der Waals surface area contributed by atoms with Crippen LogP contribution in [0.15, 0.2) is 30.9 Å². The molecular weight excluding hydrogens is 175 g/mol. The SMILES string of the molecule is C=C[C](C)c1ccc(Cl)c(F)c1. The van der Waals surface area contributed by atoms with Crippen molar-refractivity contribution in [1.29, 1.82) is 0 Å². The van der Waals surface area contributed by atoms with E-state index in [1.54, 1.807) is 18.2 Å². The molecule has 0 aliphatic heterocycles. The third-order valence-corrected chi connectivity index (χ3v) is 1.99. The number of hydrogen-bond donors (Lipinski definition) is 0. The van der Waals surface area contributed by atoms with Crippen LogP contribution in [-0.2, 0) is 0 Å². The highest BCUT2D eigenvalue weighted by atomic mass is 35.5. The van der Waals surface area contributed by atoms with Crippen LogP contribution in [-0.4, -0.2) is 0 Å². The summed E-state index contributed by atoms with van der Waals surface area (Å²) in [6.45, 7) is 5.47. The van der Waals surface area contributed by atoms with E-state index in [1.807, 2.05) is 6.92 Å². The van der Waals surface area contributed by atoms with Crippen LogP contribution in [0.4, 0.5) is 4.39 Å². The first-order valence-electron chi connectivity index (χ1n) is 3.56. The largest absolute Gasteiger partial charge is 0.205 e. The maximum absolute atomic E-state index is 12.9. The number of benzene rings is 1. The summed E-state index contributed by atoms with van der Waals surface area (Å²) in [6.07, 6.45) is 1.68. The second-order valence-corrected chi connectivity index (χ2v) is 2.92. The molecular formula is C10H9ClF. The van der Waals surface area contributed by atoms with Crippen LogP contribution >= 0.6 is 11.6 Å². The molecule has 0 aliphatic rings. The molecule has 1 aromatic rings. The lowest BCUT2D eigenvalue weighted by Gasteiger charge is -2.05. The van der Waals surface area contributed by atoms with E-state index in [1.165, 1.54) is 6.07 Å². The quantitative estimate of drug-likeness (QED) is 0.657. The first-order valence-corrected chi connectivity index (χ1v) is 3.94. The monoisotopic (exact) mass is 183 g/mol. The lowest BCUT2D eigenvalue weighted by molar-refractivity contribution is 0.627. The number of hydrogen-bond acceptors (Lipinski definition) is 0. The molecule has 0 N–H and O–H groups in total. The lowest BCUT2D eigenvalue weighted by atomic mass is 10.0. The Morgan fingerprint density at radius 2 is 2.25 bits per heavy atom. The third kappa shape index (κ3) is 1.86. The van der Waals surface area contributed by atoms with E-state index < -0.39 is 5.82 Å². The van der Waals surface area contributed by atoms with Crippen molar-refractivity contribution in [2.24, 2.45) is 0 Å². The molecule has 0 heterocycles. The second kappa shape index (κ2) is 3.72. The van der Waals surface area contributed by atoms with E-state index in [4.69, 9.17) is 11.6 Å². The van der Waals surface area contributed by atoms with Gasteiger partial charge in [0.2, 0.25) is 0 Å². The van der Waals surface area contributed by atoms with Crippen LogP contribution in [0.5, 0.6) is 0 Å². The molecule has 1 aromatic carbocycles. The summed E-state index contributed by atoms with van der Waals surface area (Å²) in [5.74, 6) is 0.543. The molecule has 0 saturated heterocycles. The van der Waals surface area contributed by atoms with Gasteiger partial charge in [-0.15, -0.1) is 6.58 Å². The first-order chi connectivity index (χ1) is 5.65. The predicted octanol–water partition coefficient (Wildman–Crippen LogP) is 3.61. The summed E-state index contributed by atoms with van der Waals surface area (Å²) in [5, 5.41) is 0.149. The standard InChI is InChI=1S/C10H9ClF/c1-3-7(2)8-4-5-9(11)10(12)6-8/h3-6H,1H2,2H3. The highest BCUT2D eigenvalue weighted by Gasteiger charge is 2.04. The average molecular weight is 184 g/mol. The van der Waals surface area contributed by atoms with Gasteiger partial charge in [0.1, 0.15) is 5.82 Å². The van der Waals surface area contributed by atoms with Crippen molar-refractivity contribution in [2.75, 3.05) is 0 Å². The van der Waals surface area contributed by atoms with Crippen LogP contribution in [0, 0.1) is 11.7 Å². The molecule has 0 fully saturated rings. The Morgan fingerprint density at radius 1 is 1.58 bits per heavy atom. The molecule has 0 atom stereocenters. The third-order valence-electron chi connectivity index (χ3n) is 1.68. The van der Waals surface area contributed by atoms with E-state index >= 15 is 0 Å². The summed E-state index contributed by atoms with van der Waals surface area (Å²) in [5.41, 5.74) is 0.812. The highest BCUT2D eigenvalue weighted by molar-refractivity contribution is 6.30.